The zero-order valence-corrected chi connectivity index (χ0v) is 17.8. The van der Waals surface area contributed by atoms with Gasteiger partial charge in [-0.2, -0.15) is 13.2 Å². The Balaban J connectivity index is 1.90. The van der Waals surface area contributed by atoms with Gasteiger partial charge in [0.1, 0.15) is 11.4 Å². The number of nitrogens with zero attached hydrogens (tertiary/aromatic N) is 1. The van der Waals surface area contributed by atoms with E-state index in [-0.39, 0.29) is 11.3 Å². The third-order valence-electron chi connectivity index (χ3n) is 5.49. The van der Waals surface area contributed by atoms with Gasteiger partial charge in [-0.25, -0.2) is 4.39 Å². The summed E-state index contributed by atoms with van der Waals surface area (Å²) in [5.41, 5.74) is -1.38. The van der Waals surface area contributed by atoms with Crippen LogP contribution in [0.25, 0.3) is 0 Å². The van der Waals surface area contributed by atoms with E-state index in [2.05, 4.69) is 5.32 Å². The Kier molecular flexibility index (Phi) is 6.17. The number of rotatable bonds is 5. The Morgan fingerprint density at radius 2 is 1.75 bits per heavy atom. The first kappa shape index (κ1) is 23.5. The number of alkyl halides is 3. The van der Waals surface area contributed by atoms with Gasteiger partial charge >= 0.3 is 6.18 Å². The van der Waals surface area contributed by atoms with E-state index in [0.717, 1.165) is 20.3 Å². The van der Waals surface area contributed by atoms with Gasteiger partial charge < -0.3 is 15.2 Å². The highest BCUT2D eigenvalue weighted by molar-refractivity contribution is 6.42. The predicted octanol–water partition coefficient (Wildman–Crippen LogP) is 4.16. The molecule has 2 aromatic rings. The van der Waals surface area contributed by atoms with E-state index in [1.165, 1.54) is 28.8 Å². The lowest BCUT2D eigenvalue weighted by molar-refractivity contribution is -0.187. The predicted molar refractivity (Wildman–Crippen MR) is 109 cm³/mol. The summed E-state index contributed by atoms with van der Waals surface area (Å²) in [6, 6.07) is 5.28. The maximum absolute atomic E-state index is 13.5. The summed E-state index contributed by atoms with van der Waals surface area (Å²) >= 11 is 0. The van der Waals surface area contributed by atoms with Crippen molar-refractivity contribution in [1.82, 2.24) is 9.88 Å². The van der Waals surface area contributed by atoms with Crippen molar-refractivity contribution in [3.8, 4) is 0 Å². The normalized spacial score (nSPS) is 14.0. The first-order chi connectivity index (χ1) is 14.8. The molecule has 0 aliphatic carbocycles. The fourth-order valence-corrected chi connectivity index (χ4v) is 3.51. The third-order valence-corrected chi connectivity index (χ3v) is 5.49. The second kappa shape index (κ2) is 8.40. The molecule has 0 fully saturated rings. The number of hydrogen-bond donors (Lipinski definition) is 2. The molecule has 6 nitrogen and oxygen atoms in total. The minimum absolute atomic E-state index is 0.143. The van der Waals surface area contributed by atoms with Crippen molar-refractivity contribution in [1.29, 1.82) is 0 Å². The summed E-state index contributed by atoms with van der Waals surface area (Å²) in [6.07, 6.45) is -2.84. The SMILES string of the molecule is Cc1cc(NC(=O)c2cc(C(=O)C(=O)NC(C)(C)C(F)(F)F)n3c2CCCC3)ccc1F. The van der Waals surface area contributed by atoms with E-state index in [4.69, 9.17) is 0 Å². The lowest BCUT2D eigenvalue weighted by atomic mass is 10.0. The molecular weight excluding hydrogens is 430 g/mol. The van der Waals surface area contributed by atoms with Gasteiger partial charge in [-0.3, -0.25) is 14.4 Å². The average Bonchev–Trinajstić information content (AvgIpc) is 3.09. The van der Waals surface area contributed by atoms with Gasteiger partial charge in [0.25, 0.3) is 17.6 Å². The lowest BCUT2D eigenvalue weighted by Crippen LogP contribution is -2.56. The van der Waals surface area contributed by atoms with Crippen LogP contribution in [0.4, 0.5) is 23.2 Å². The van der Waals surface area contributed by atoms with Gasteiger partial charge in [0.2, 0.25) is 0 Å². The number of carbonyl (C=O) groups excluding carboxylic acids is 3. The molecule has 0 spiro atoms. The molecule has 0 unspecified atom stereocenters. The molecule has 1 aliphatic heterocycles. The van der Waals surface area contributed by atoms with Crippen LogP contribution in [0.2, 0.25) is 0 Å². The first-order valence-corrected chi connectivity index (χ1v) is 10.1. The van der Waals surface area contributed by atoms with Crippen LogP contribution >= 0.6 is 0 Å². The van der Waals surface area contributed by atoms with Crippen molar-refractivity contribution in [3.05, 3.63) is 52.6 Å². The van der Waals surface area contributed by atoms with E-state index in [1.54, 1.807) is 12.2 Å². The topological polar surface area (TPSA) is 80.2 Å². The molecule has 10 heteroatoms. The smallest absolute Gasteiger partial charge is 0.341 e. The quantitative estimate of drug-likeness (QED) is 0.405. The molecule has 3 rings (SSSR count). The van der Waals surface area contributed by atoms with Gasteiger partial charge in [-0.05, 0) is 69.9 Å². The van der Waals surface area contributed by atoms with Crippen molar-refractivity contribution in [2.45, 2.75) is 58.3 Å². The summed E-state index contributed by atoms with van der Waals surface area (Å²) < 4.78 is 54.3. The monoisotopic (exact) mass is 453 g/mol. The van der Waals surface area contributed by atoms with Crippen LogP contribution in [0, 0.1) is 12.7 Å². The number of carbonyl (C=O) groups is 3. The van der Waals surface area contributed by atoms with Crippen molar-refractivity contribution >= 4 is 23.3 Å². The number of ketones is 1. The molecule has 1 aromatic heterocycles. The van der Waals surface area contributed by atoms with Crippen molar-refractivity contribution in [2.24, 2.45) is 0 Å². The van der Waals surface area contributed by atoms with Crippen LogP contribution in [0.1, 0.15) is 58.8 Å². The van der Waals surface area contributed by atoms with Crippen LogP contribution in [-0.4, -0.2) is 33.9 Å². The van der Waals surface area contributed by atoms with E-state index in [9.17, 15) is 31.9 Å². The van der Waals surface area contributed by atoms with E-state index in [0.29, 0.717) is 36.3 Å². The molecule has 1 aliphatic rings. The van der Waals surface area contributed by atoms with Crippen LogP contribution in [0.3, 0.4) is 0 Å². The summed E-state index contributed by atoms with van der Waals surface area (Å²) in [4.78, 5) is 37.9. The fraction of sp³-hybridized carbons (Fsp3) is 0.409. The van der Waals surface area contributed by atoms with Crippen molar-refractivity contribution in [2.75, 3.05) is 5.32 Å². The maximum Gasteiger partial charge on any atom is 0.410 e. The van der Waals surface area contributed by atoms with Gasteiger partial charge in [0, 0.05) is 17.9 Å². The molecule has 0 radical (unpaired) electrons. The number of aromatic nitrogens is 1. The molecule has 0 bridgehead atoms. The molecule has 172 valence electrons. The highest BCUT2D eigenvalue weighted by Crippen LogP contribution is 2.30. The number of fused-ring (bicyclic) bond motifs is 1. The van der Waals surface area contributed by atoms with Crippen molar-refractivity contribution < 1.29 is 31.9 Å². The second-order valence-corrected chi connectivity index (χ2v) is 8.32. The number of aryl methyl sites for hydroxylation is 1. The first-order valence-electron chi connectivity index (χ1n) is 10.1. The standard InChI is InChI=1S/C22H23F4N3O3/c1-12-10-13(7-8-15(12)23)27-19(31)14-11-17(29-9-5-4-6-16(14)29)18(30)20(32)28-21(2,3)22(24,25)26/h7-8,10-11H,4-6,9H2,1-3H3,(H,27,31)(H,28,32). The van der Waals surface area contributed by atoms with E-state index >= 15 is 0 Å². The Bertz CT molecular complexity index is 1090. The number of nitrogens with one attached hydrogen (secondary N) is 2. The Morgan fingerprint density at radius 3 is 2.38 bits per heavy atom. The molecule has 2 heterocycles. The molecule has 0 saturated carbocycles. The highest BCUT2D eigenvalue weighted by atomic mass is 19.4. The fourth-order valence-electron chi connectivity index (χ4n) is 3.51. The van der Waals surface area contributed by atoms with E-state index < -0.39 is 35.1 Å². The Labute approximate surface area is 182 Å². The van der Waals surface area contributed by atoms with Crippen LogP contribution < -0.4 is 10.6 Å². The van der Waals surface area contributed by atoms with Gasteiger partial charge in [0.15, 0.2) is 0 Å². The molecule has 0 atom stereocenters. The van der Waals surface area contributed by atoms with Gasteiger partial charge in [-0.15, -0.1) is 0 Å². The van der Waals surface area contributed by atoms with Crippen LogP contribution in [0.15, 0.2) is 24.3 Å². The molecule has 32 heavy (non-hydrogen) atoms. The summed E-state index contributed by atoms with van der Waals surface area (Å²) in [6.45, 7) is 3.42. The number of hydrogen-bond acceptors (Lipinski definition) is 3. The molecular formula is C22H23F4N3O3. The minimum Gasteiger partial charge on any atom is -0.341 e. The Morgan fingerprint density at radius 1 is 1.06 bits per heavy atom. The number of benzene rings is 1. The number of Topliss-reactive ketones (excluding diaryl/α,β-unsaturated/α-hetero) is 1. The zero-order valence-electron chi connectivity index (χ0n) is 17.8. The van der Waals surface area contributed by atoms with E-state index in [1.807, 2.05) is 0 Å². The maximum atomic E-state index is 13.5. The largest absolute Gasteiger partial charge is 0.410 e. The average molecular weight is 453 g/mol. The second-order valence-electron chi connectivity index (χ2n) is 8.32. The molecule has 1 aromatic carbocycles. The highest BCUT2D eigenvalue weighted by Gasteiger charge is 2.49. The Hall–Kier alpha value is -3.17. The molecule has 2 amide bonds. The lowest BCUT2D eigenvalue weighted by Gasteiger charge is -2.28. The zero-order chi connectivity index (χ0) is 23.8. The molecule has 2 N–H and O–H groups in total. The number of anilines is 1. The van der Waals surface area contributed by atoms with Gasteiger partial charge in [-0.1, -0.05) is 0 Å². The number of halogens is 4. The summed E-state index contributed by atoms with van der Waals surface area (Å²) in [7, 11) is 0. The summed E-state index contributed by atoms with van der Waals surface area (Å²) in [5, 5.41) is 4.36. The van der Waals surface area contributed by atoms with Crippen LogP contribution in [0.5, 0.6) is 0 Å². The third kappa shape index (κ3) is 4.53. The number of amides is 2. The van der Waals surface area contributed by atoms with Crippen molar-refractivity contribution in [3.63, 3.8) is 0 Å². The minimum atomic E-state index is -4.75. The van der Waals surface area contributed by atoms with Gasteiger partial charge in [0.05, 0.1) is 11.3 Å². The van der Waals surface area contributed by atoms with Crippen LogP contribution in [-0.2, 0) is 17.8 Å². The summed E-state index contributed by atoms with van der Waals surface area (Å²) in [5.74, 6) is -3.54. The molecule has 0 saturated heterocycles.